The average Bonchev–Trinajstić information content (AvgIpc) is 2.72. The second-order valence-corrected chi connectivity index (χ2v) is 9.03. The number of amides is 1. The molecular formula is C19H33N3O10S. The summed E-state index contributed by atoms with van der Waals surface area (Å²) in [5, 5.41) is 41.2. The first-order valence-electron chi connectivity index (χ1n) is 10.4. The summed E-state index contributed by atoms with van der Waals surface area (Å²) in [6.45, 7) is 4.89. The predicted molar refractivity (Wildman–Crippen MR) is 117 cm³/mol. The van der Waals surface area contributed by atoms with Crippen LogP contribution in [0.15, 0.2) is 16.2 Å². The molecule has 33 heavy (non-hydrogen) atoms. The summed E-state index contributed by atoms with van der Waals surface area (Å²) in [5.74, 6) is -2.34. The number of nitrogens with zero attached hydrogens (tertiary/aromatic N) is 2. The Morgan fingerprint density at radius 2 is 1.91 bits per heavy atom. The summed E-state index contributed by atoms with van der Waals surface area (Å²) < 4.78 is 38.1. The zero-order valence-corrected chi connectivity index (χ0v) is 19.9. The monoisotopic (exact) mass is 495 g/mol. The van der Waals surface area contributed by atoms with Crippen molar-refractivity contribution in [2.45, 2.75) is 57.6 Å². The van der Waals surface area contributed by atoms with Crippen molar-refractivity contribution in [2.24, 2.45) is 4.40 Å². The third-order valence-corrected chi connectivity index (χ3v) is 5.36. The first kappa shape index (κ1) is 28.8. The van der Waals surface area contributed by atoms with Crippen molar-refractivity contribution >= 4 is 27.7 Å². The van der Waals surface area contributed by atoms with Gasteiger partial charge in [0.25, 0.3) is 10.0 Å². The maximum absolute atomic E-state index is 11.7. The van der Waals surface area contributed by atoms with Gasteiger partial charge >= 0.3 is 5.97 Å². The first-order valence-corrected chi connectivity index (χ1v) is 12.2. The van der Waals surface area contributed by atoms with Gasteiger partial charge in [0.1, 0.15) is 24.1 Å². The van der Waals surface area contributed by atoms with E-state index in [2.05, 4.69) is 9.71 Å². The third kappa shape index (κ3) is 8.89. The topological polar surface area (TPSA) is 195 Å². The van der Waals surface area contributed by atoms with Crippen LogP contribution in [0, 0.1) is 0 Å². The summed E-state index contributed by atoms with van der Waals surface area (Å²) in [7, 11) is -3.68. The molecule has 1 rings (SSSR count). The van der Waals surface area contributed by atoms with Crippen molar-refractivity contribution in [3.63, 3.8) is 0 Å². The minimum atomic E-state index is -3.68. The number of carboxylic acid groups (broad SMARTS) is 1. The number of rotatable bonds is 12. The van der Waals surface area contributed by atoms with Crippen LogP contribution < -0.4 is 5.32 Å². The lowest BCUT2D eigenvalue weighted by molar-refractivity contribution is -0.151. The molecule has 14 heteroatoms. The van der Waals surface area contributed by atoms with Crippen LogP contribution in [0.1, 0.15) is 27.2 Å². The summed E-state index contributed by atoms with van der Waals surface area (Å²) in [6, 6.07) is -1.12. The Morgan fingerprint density at radius 3 is 2.36 bits per heavy atom. The van der Waals surface area contributed by atoms with E-state index in [4.69, 9.17) is 14.6 Å². The van der Waals surface area contributed by atoms with Crippen molar-refractivity contribution in [3.8, 4) is 0 Å². The smallest absolute Gasteiger partial charge is 0.370 e. The summed E-state index contributed by atoms with van der Waals surface area (Å²) in [5.41, 5.74) is 0. The highest BCUT2D eigenvalue weighted by Gasteiger charge is 2.44. The predicted octanol–water partition coefficient (Wildman–Crippen LogP) is -1.95. The normalized spacial score (nSPS) is 23.2. The van der Waals surface area contributed by atoms with E-state index in [1.807, 2.05) is 13.8 Å². The van der Waals surface area contributed by atoms with Crippen LogP contribution in [0.5, 0.6) is 0 Å². The molecule has 0 aromatic heterocycles. The van der Waals surface area contributed by atoms with Crippen molar-refractivity contribution in [1.29, 1.82) is 0 Å². The lowest BCUT2D eigenvalue weighted by atomic mass is 9.93. The van der Waals surface area contributed by atoms with Crippen LogP contribution in [-0.2, 0) is 29.1 Å². The SMILES string of the molecule is CCN(CC)C(CCO[C@H]1C=C(C(=O)O)O[C@@H]([C@H](O)[C@H](O)CO)[C@@H]1NC(C)=O)=NS(C)(=O)=O. The zero-order chi connectivity index (χ0) is 25.3. The first-order chi connectivity index (χ1) is 15.3. The second kappa shape index (κ2) is 12.8. The molecule has 0 aromatic carbocycles. The van der Waals surface area contributed by atoms with Crippen LogP contribution in [-0.4, -0.2) is 114 Å². The Bertz CT molecular complexity index is 841. The molecule has 0 bridgehead atoms. The highest BCUT2D eigenvalue weighted by Crippen LogP contribution is 2.25. The van der Waals surface area contributed by atoms with Gasteiger partial charge in [-0.15, -0.1) is 0 Å². The molecule has 0 saturated carbocycles. The van der Waals surface area contributed by atoms with Gasteiger partial charge in [0.15, 0.2) is 6.10 Å². The van der Waals surface area contributed by atoms with Crippen LogP contribution >= 0.6 is 0 Å². The fourth-order valence-corrected chi connectivity index (χ4v) is 3.90. The van der Waals surface area contributed by atoms with Gasteiger partial charge in [-0.1, -0.05) is 0 Å². The number of aliphatic hydroxyl groups is 3. The maximum atomic E-state index is 11.7. The number of ether oxygens (including phenoxy) is 2. The molecule has 0 radical (unpaired) electrons. The van der Waals surface area contributed by atoms with Crippen LogP contribution in [0.4, 0.5) is 0 Å². The molecule has 0 unspecified atom stereocenters. The summed E-state index contributed by atoms with van der Waals surface area (Å²) in [6.07, 6.45) is -3.87. The molecule has 0 spiro atoms. The van der Waals surface area contributed by atoms with Gasteiger partial charge in [0, 0.05) is 26.4 Å². The van der Waals surface area contributed by atoms with Gasteiger partial charge in [-0.05, 0) is 19.9 Å². The molecule has 5 atom stereocenters. The molecule has 1 aliphatic rings. The number of sulfonamides is 1. The Labute approximate surface area is 192 Å². The number of hydrogen-bond donors (Lipinski definition) is 5. The van der Waals surface area contributed by atoms with Crippen LogP contribution in [0.25, 0.3) is 0 Å². The van der Waals surface area contributed by atoms with Gasteiger partial charge in [0.05, 0.1) is 25.5 Å². The van der Waals surface area contributed by atoms with Crippen molar-refractivity contribution in [1.82, 2.24) is 10.2 Å². The number of carboxylic acids is 1. The Morgan fingerprint density at radius 1 is 1.30 bits per heavy atom. The van der Waals surface area contributed by atoms with Crippen molar-refractivity contribution < 1.29 is 47.9 Å². The molecular weight excluding hydrogens is 462 g/mol. The number of nitrogens with one attached hydrogen (secondary N) is 1. The van der Waals surface area contributed by atoms with Gasteiger partial charge in [-0.25, -0.2) is 13.2 Å². The highest BCUT2D eigenvalue weighted by atomic mass is 32.2. The minimum Gasteiger partial charge on any atom is -0.478 e. The van der Waals surface area contributed by atoms with E-state index in [0.29, 0.717) is 13.1 Å². The van der Waals surface area contributed by atoms with Gasteiger partial charge in [-0.3, -0.25) is 4.79 Å². The summed E-state index contributed by atoms with van der Waals surface area (Å²) in [4.78, 5) is 25.0. The Kier molecular flexibility index (Phi) is 11.2. The lowest BCUT2D eigenvalue weighted by Gasteiger charge is -2.39. The number of carbonyl (C=O) groups is 2. The number of carbonyl (C=O) groups excluding carboxylic acids is 1. The third-order valence-electron chi connectivity index (χ3n) is 4.82. The molecule has 0 saturated heterocycles. The fourth-order valence-electron chi connectivity index (χ4n) is 3.31. The maximum Gasteiger partial charge on any atom is 0.370 e. The average molecular weight is 496 g/mol. The number of aliphatic hydroxyl groups excluding tert-OH is 3. The molecule has 0 aliphatic carbocycles. The van der Waals surface area contributed by atoms with Crippen molar-refractivity contribution in [3.05, 3.63) is 11.8 Å². The lowest BCUT2D eigenvalue weighted by Crippen LogP contribution is -2.60. The quantitative estimate of drug-likeness (QED) is 0.149. The molecule has 0 aromatic rings. The Balaban J connectivity index is 3.20. The van der Waals surface area contributed by atoms with E-state index in [1.54, 1.807) is 4.90 Å². The fraction of sp³-hybridized carbons (Fsp3) is 0.737. The molecule has 1 heterocycles. The molecule has 5 N–H and O–H groups in total. The molecule has 190 valence electrons. The zero-order valence-electron chi connectivity index (χ0n) is 19.0. The van der Waals surface area contributed by atoms with Gasteiger partial charge in [0.2, 0.25) is 11.7 Å². The molecule has 1 amide bonds. The Hall–Kier alpha value is -2.26. The number of amidine groups is 1. The summed E-state index contributed by atoms with van der Waals surface area (Å²) >= 11 is 0. The van der Waals surface area contributed by atoms with Crippen LogP contribution in [0.3, 0.4) is 0 Å². The number of hydrogen-bond acceptors (Lipinski definition) is 9. The molecule has 13 nitrogen and oxygen atoms in total. The van der Waals surface area contributed by atoms with E-state index >= 15 is 0 Å². The molecule has 0 fully saturated rings. The van der Waals surface area contributed by atoms with E-state index < -0.39 is 64.7 Å². The highest BCUT2D eigenvalue weighted by molar-refractivity contribution is 7.89. The van der Waals surface area contributed by atoms with Gasteiger partial charge in [-0.2, -0.15) is 4.40 Å². The van der Waals surface area contributed by atoms with Gasteiger partial charge < -0.3 is 40.1 Å². The number of aliphatic carboxylic acids is 1. The van der Waals surface area contributed by atoms with Crippen molar-refractivity contribution in [2.75, 3.05) is 32.6 Å². The van der Waals surface area contributed by atoms with Crippen LogP contribution in [0.2, 0.25) is 0 Å². The van der Waals surface area contributed by atoms with E-state index in [9.17, 15) is 33.3 Å². The molecule has 1 aliphatic heterocycles. The standard InChI is InChI=1S/C19H33N3O10S/c1-5-22(6-2)15(21-33(4,29)30)7-8-31-13-9-14(19(27)28)32-18(16(13)20-11(3)24)17(26)12(25)10-23/h9,12-13,16-18,23,25-26H,5-8,10H2,1-4H3,(H,20,24)(H,27,28)/t12-,13+,16-,17-,18-/m1/s1. The van der Waals surface area contributed by atoms with E-state index in [1.165, 1.54) is 6.92 Å². The largest absolute Gasteiger partial charge is 0.478 e. The second-order valence-electron chi connectivity index (χ2n) is 7.38. The van der Waals surface area contributed by atoms with E-state index in [-0.39, 0.29) is 18.9 Å². The van der Waals surface area contributed by atoms with E-state index in [0.717, 1.165) is 12.3 Å². The minimum absolute atomic E-state index is 0.0572.